The van der Waals surface area contributed by atoms with Gasteiger partial charge in [0, 0.05) is 18.7 Å². The Hall–Kier alpha value is -1.55. The molecule has 1 heterocycles. The predicted octanol–water partition coefficient (Wildman–Crippen LogP) is 0.883. The van der Waals surface area contributed by atoms with Crippen molar-refractivity contribution >= 4 is 11.7 Å². The quantitative estimate of drug-likeness (QED) is 0.795. The van der Waals surface area contributed by atoms with Gasteiger partial charge in [-0.1, -0.05) is 18.2 Å². The van der Waals surface area contributed by atoms with Crippen molar-refractivity contribution in [1.82, 2.24) is 0 Å². The number of carboxylic acids is 1. The fraction of sp³-hybridized carbons (Fsp3) is 0.417. The Bertz CT molecular complexity index is 403. The lowest BCUT2D eigenvalue weighted by Crippen LogP contribution is -2.42. The molecule has 4 heteroatoms. The number of aliphatic hydroxyl groups excluding tert-OH is 1. The van der Waals surface area contributed by atoms with Gasteiger partial charge in [-0.15, -0.1) is 0 Å². The fourth-order valence-electron chi connectivity index (χ4n) is 2.18. The van der Waals surface area contributed by atoms with E-state index in [1.54, 1.807) is 11.8 Å². The zero-order valence-electron chi connectivity index (χ0n) is 9.13. The lowest BCUT2D eigenvalue weighted by molar-refractivity contribution is -0.138. The summed E-state index contributed by atoms with van der Waals surface area (Å²) in [6.45, 7) is 2.02. The van der Waals surface area contributed by atoms with E-state index in [9.17, 15) is 9.90 Å². The molecule has 1 aliphatic rings. The van der Waals surface area contributed by atoms with Gasteiger partial charge in [-0.3, -0.25) is 0 Å². The number of carbonyl (C=O) groups is 1. The van der Waals surface area contributed by atoms with Crippen LogP contribution >= 0.6 is 0 Å². The van der Waals surface area contributed by atoms with Crippen LogP contribution in [0.15, 0.2) is 24.3 Å². The van der Waals surface area contributed by atoms with Crippen LogP contribution in [0, 0.1) is 0 Å². The molecule has 0 aliphatic carbocycles. The standard InChI is InChI=1S/C12H15NO3/c1-8(14)7-13-10-5-3-2-4-9(10)6-11(13)12(15)16/h2-5,8,11,14H,6-7H2,1H3,(H,15,16). The normalized spacial score (nSPS) is 20.6. The van der Waals surface area contributed by atoms with Gasteiger partial charge in [0.15, 0.2) is 0 Å². The van der Waals surface area contributed by atoms with Crippen molar-refractivity contribution in [2.45, 2.75) is 25.5 Å². The highest BCUT2D eigenvalue weighted by molar-refractivity contribution is 5.82. The Morgan fingerprint density at radius 3 is 2.88 bits per heavy atom. The minimum absolute atomic E-state index is 0.355. The molecule has 4 nitrogen and oxygen atoms in total. The van der Waals surface area contributed by atoms with E-state index < -0.39 is 18.1 Å². The highest BCUT2D eigenvalue weighted by Gasteiger charge is 2.34. The average molecular weight is 221 g/mol. The number of rotatable bonds is 3. The summed E-state index contributed by atoms with van der Waals surface area (Å²) in [7, 11) is 0. The maximum Gasteiger partial charge on any atom is 0.326 e. The summed E-state index contributed by atoms with van der Waals surface area (Å²) < 4.78 is 0. The van der Waals surface area contributed by atoms with E-state index in [0.717, 1.165) is 11.3 Å². The summed E-state index contributed by atoms with van der Waals surface area (Å²) in [5.74, 6) is -0.836. The van der Waals surface area contributed by atoms with Crippen LogP contribution in [0.1, 0.15) is 12.5 Å². The molecule has 0 spiro atoms. The molecule has 0 bridgehead atoms. The van der Waals surface area contributed by atoms with E-state index in [1.807, 2.05) is 24.3 Å². The summed E-state index contributed by atoms with van der Waals surface area (Å²) in [6, 6.07) is 7.09. The van der Waals surface area contributed by atoms with Crippen molar-refractivity contribution in [3.8, 4) is 0 Å². The molecule has 0 fully saturated rings. The summed E-state index contributed by atoms with van der Waals surface area (Å²) in [4.78, 5) is 12.9. The van der Waals surface area contributed by atoms with Crippen molar-refractivity contribution in [3.63, 3.8) is 0 Å². The fourth-order valence-corrected chi connectivity index (χ4v) is 2.18. The molecule has 2 rings (SSSR count). The number of hydrogen-bond acceptors (Lipinski definition) is 3. The van der Waals surface area contributed by atoms with E-state index in [1.165, 1.54) is 0 Å². The summed E-state index contributed by atoms with van der Waals surface area (Å²) in [5, 5.41) is 18.5. The molecule has 1 aromatic rings. The summed E-state index contributed by atoms with van der Waals surface area (Å²) in [6.07, 6.45) is -0.0221. The van der Waals surface area contributed by atoms with Crippen LogP contribution in [0.2, 0.25) is 0 Å². The largest absolute Gasteiger partial charge is 0.480 e. The number of benzene rings is 1. The molecule has 2 atom stereocenters. The van der Waals surface area contributed by atoms with Crippen LogP contribution in [0.5, 0.6) is 0 Å². The van der Waals surface area contributed by atoms with Gasteiger partial charge in [0.25, 0.3) is 0 Å². The van der Waals surface area contributed by atoms with E-state index in [-0.39, 0.29) is 0 Å². The van der Waals surface area contributed by atoms with Crippen LogP contribution in [0.3, 0.4) is 0 Å². The lowest BCUT2D eigenvalue weighted by atomic mass is 10.1. The number of fused-ring (bicyclic) bond motifs is 1. The number of carboxylic acid groups (broad SMARTS) is 1. The first kappa shape index (κ1) is 11.0. The monoisotopic (exact) mass is 221 g/mol. The average Bonchev–Trinajstić information content (AvgIpc) is 2.57. The first-order valence-corrected chi connectivity index (χ1v) is 5.35. The smallest absolute Gasteiger partial charge is 0.326 e. The molecule has 16 heavy (non-hydrogen) atoms. The van der Waals surface area contributed by atoms with Crippen molar-refractivity contribution in [1.29, 1.82) is 0 Å². The number of anilines is 1. The molecule has 0 aromatic heterocycles. The van der Waals surface area contributed by atoms with Crippen LogP contribution < -0.4 is 4.90 Å². The van der Waals surface area contributed by atoms with Gasteiger partial charge in [-0.2, -0.15) is 0 Å². The van der Waals surface area contributed by atoms with Crippen molar-refractivity contribution in [2.24, 2.45) is 0 Å². The number of para-hydroxylation sites is 1. The Morgan fingerprint density at radius 1 is 1.56 bits per heavy atom. The molecule has 0 saturated carbocycles. The zero-order valence-corrected chi connectivity index (χ0v) is 9.13. The molecule has 2 N–H and O–H groups in total. The highest BCUT2D eigenvalue weighted by Crippen LogP contribution is 2.31. The highest BCUT2D eigenvalue weighted by atomic mass is 16.4. The van der Waals surface area contributed by atoms with Gasteiger partial charge >= 0.3 is 5.97 Å². The molecule has 1 aliphatic heterocycles. The minimum Gasteiger partial charge on any atom is -0.480 e. The number of hydrogen-bond donors (Lipinski definition) is 2. The van der Waals surface area contributed by atoms with Crippen molar-refractivity contribution < 1.29 is 15.0 Å². The van der Waals surface area contributed by atoms with Gasteiger partial charge < -0.3 is 15.1 Å². The van der Waals surface area contributed by atoms with Gasteiger partial charge in [0.2, 0.25) is 0 Å². The predicted molar refractivity (Wildman–Crippen MR) is 60.6 cm³/mol. The number of nitrogens with zero attached hydrogens (tertiary/aromatic N) is 1. The Kier molecular flexibility index (Phi) is 2.83. The third-order valence-corrected chi connectivity index (χ3v) is 2.84. The molecule has 0 amide bonds. The molecule has 0 saturated heterocycles. The second kappa shape index (κ2) is 4.14. The van der Waals surface area contributed by atoms with Gasteiger partial charge in [-0.05, 0) is 18.6 Å². The van der Waals surface area contributed by atoms with Crippen molar-refractivity contribution in [2.75, 3.05) is 11.4 Å². The van der Waals surface area contributed by atoms with Crippen LogP contribution in [0.25, 0.3) is 0 Å². The molecular formula is C12H15NO3. The van der Waals surface area contributed by atoms with E-state index in [0.29, 0.717) is 13.0 Å². The Balaban J connectivity index is 2.32. The van der Waals surface area contributed by atoms with Gasteiger partial charge in [0.05, 0.1) is 6.10 Å². The van der Waals surface area contributed by atoms with E-state index >= 15 is 0 Å². The Morgan fingerprint density at radius 2 is 2.25 bits per heavy atom. The number of aliphatic hydroxyl groups is 1. The molecule has 0 radical (unpaired) electrons. The third kappa shape index (κ3) is 1.88. The second-order valence-corrected chi connectivity index (χ2v) is 4.19. The molecule has 2 unspecified atom stereocenters. The number of aliphatic carboxylic acids is 1. The topological polar surface area (TPSA) is 60.8 Å². The van der Waals surface area contributed by atoms with Crippen LogP contribution in [-0.2, 0) is 11.2 Å². The maximum atomic E-state index is 11.1. The summed E-state index contributed by atoms with van der Waals surface area (Å²) in [5.41, 5.74) is 1.96. The van der Waals surface area contributed by atoms with Crippen LogP contribution in [0.4, 0.5) is 5.69 Å². The van der Waals surface area contributed by atoms with Gasteiger partial charge in [-0.25, -0.2) is 4.79 Å². The van der Waals surface area contributed by atoms with E-state index in [2.05, 4.69) is 0 Å². The Labute approximate surface area is 94.1 Å². The molecular weight excluding hydrogens is 206 g/mol. The second-order valence-electron chi connectivity index (χ2n) is 4.19. The van der Waals surface area contributed by atoms with Crippen molar-refractivity contribution in [3.05, 3.63) is 29.8 Å². The first-order valence-electron chi connectivity index (χ1n) is 5.35. The molecule has 1 aromatic carbocycles. The van der Waals surface area contributed by atoms with Crippen LogP contribution in [-0.4, -0.2) is 34.9 Å². The SMILES string of the molecule is CC(O)CN1c2ccccc2CC1C(=O)O. The maximum absolute atomic E-state index is 11.1. The molecule has 86 valence electrons. The van der Waals surface area contributed by atoms with Gasteiger partial charge in [0.1, 0.15) is 6.04 Å². The first-order chi connectivity index (χ1) is 7.59. The zero-order chi connectivity index (χ0) is 11.7. The summed E-state index contributed by atoms with van der Waals surface area (Å²) >= 11 is 0. The third-order valence-electron chi connectivity index (χ3n) is 2.84. The lowest BCUT2D eigenvalue weighted by Gasteiger charge is -2.25. The minimum atomic E-state index is -0.836. The number of β-amino-alcohol motifs (C(OH)–C–C–N with tert-alkyl or cyclic N) is 1. The van der Waals surface area contributed by atoms with E-state index in [4.69, 9.17) is 5.11 Å².